The van der Waals surface area contributed by atoms with Gasteiger partial charge in [0.05, 0.1) is 0 Å². The fourth-order valence-electron chi connectivity index (χ4n) is 1.65. The summed E-state index contributed by atoms with van der Waals surface area (Å²) in [5.74, 6) is 0. The largest absolute Gasteiger partial charge is 0.329 e. The molecule has 0 aromatic heterocycles. The van der Waals surface area contributed by atoms with Crippen LogP contribution >= 0.6 is 43.6 Å². The smallest absolute Gasteiger partial charge is 0.0467 e. The van der Waals surface area contributed by atoms with E-state index in [1.165, 1.54) is 10.5 Å². The standard InChI is InChI=1S/C14H13Br2NS/c15-11-5-3-4-10(8-11)14(9-17)18-13-7-2-1-6-12(13)16/h1-8,14H,9,17H2. The summed E-state index contributed by atoms with van der Waals surface area (Å²) in [7, 11) is 0. The lowest BCUT2D eigenvalue weighted by Gasteiger charge is -2.16. The third kappa shape index (κ3) is 3.60. The third-order valence-electron chi connectivity index (χ3n) is 2.54. The van der Waals surface area contributed by atoms with Crippen molar-refractivity contribution >= 4 is 43.6 Å². The Morgan fingerprint density at radius 2 is 1.83 bits per heavy atom. The van der Waals surface area contributed by atoms with Crippen LogP contribution in [0.5, 0.6) is 0 Å². The van der Waals surface area contributed by atoms with E-state index in [4.69, 9.17) is 5.73 Å². The van der Waals surface area contributed by atoms with Gasteiger partial charge >= 0.3 is 0 Å². The SMILES string of the molecule is NCC(Sc1ccccc1Br)c1cccc(Br)c1. The van der Waals surface area contributed by atoms with Crippen molar-refractivity contribution < 1.29 is 0 Å². The summed E-state index contributed by atoms with van der Waals surface area (Å²) in [6.07, 6.45) is 0. The topological polar surface area (TPSA) is 26.0 Å². The number of hydrogen-bond donors (Lipinski definition) is 1. The maximum absolute atomic E-state index is 5.90. The predicted octanol–water partition coefficient (Wildman–Crippen LogP) is 5.00. The first-order valence-electron chi connectivity index (χ1n) is 5.57. The quantitative estimate of drug-likeness (QED) is 0.748. The fourth-order valence-corrected chi connectivity index (χ4v) is 3.66. The highest BCUT2D eigenvalue weighted by molar-refractivity contribution is 9.10. The molecule has 0 saturated heterocycles. The van der Waals surface area contributed by atoms with E-state index in [2.05, 4.69) is 56.1 Å². The summed E-state index contributed by atoms with van der Waals surface area (Å²) < 4.78 is 2.20. The van der Waals surface area contributed by atoms with Crippen LogP contribution in [0, 0.1) is 0 Å². The number of halogens is 2. The molecule has 0 bridgehead atoms. The fraction of sp³-hybridized carbons (Fsp3) is 0.143. The number of nitrogens with two attached hydrogens (primary N) is 1. The van der Waals surface area contributed by atoms with Gasteiger partial charge in [-0.2, -0.15) is 0 Å². The first-order valence-corrected chi connectivity index (χ1v) is 8.04. The first kappa shape index (κ1) is 14.1. The highest BCUT2D eigenvalue weighted by atomic mass is 79.9. The molecule has 2 N–H and O–H groups in total. The Morgan fingerprint density at radius 1 is 1.06 bits per heavy atom. The lowest BCUT2D eigenvalue weighted by atomic mass is 10.1. The lowest BCUT2D eigenvalue weighted by Crippen LogP contribution is -2.09. The molecule has 0 aliphatic rings. The molecule has 0 spiro atoms. The summed E-state index contributed by atoms with van der Waals surface area (Å²) in [4.78, 5) is 1.22. The zero-order valence-electron chi connectivity index (χ0n) is 9.64. The predicted molar refractivity (Wildman–Crippen MR) is 85.9 cm³/mol. The maximum Gasteiger partial charge on any atom is 0.0467 e. The van der Waals surface area contributed by atoms with Crippen molar-refractivity contribution in [2.24, 2.45) is 5.73 Å². The lowest BCUT2D eigenvalue weighted by molar-refractivity contribution is 0.939. The van der Waals surface area contributed by atoms with Gasteiger partial charge in [0, 0.05) is 25.6 Å². The van der Waals surface area contributed by atoms with Crippen LogP contribution in [0.15, 0.2) is 62.4 Å². The number of rotatable bonds is 4. The maximum atomic E-state index is 5.90. The molecule has 2 aromatic rings. The number of benzene rings is 2. The molecule has 1 unspecified atom stereocenters. The molecule has 4 heteroatoms. The van der Waals surface area contributed by atoms with Crippen LogP contribution < -0.4 is 5.73 Å². The van der Waals surface area contributed by atoms with Gasteiger partial charge in [-0.05, 0) is 45.8 Å². The van der Waals surface area contributed by atoms with Gasteiger partial charge in [0.1, 0.15) is 0 Å². The van der Waals surface area contributed by atoms with Crippen molar-refractivity contribution in [3.8, 4) is 0 Å². The molecular weight excluding hydrogens is 374 g/mol. The molecule has 1 atom stereocenters. The van der Waals surface area contributed by atoms with Crippen LogP contribution in [0.1, 0.15) is 10.8 Å². The Kier molecular flexibility index (Phi) is 5.30. The molecule has 0 fully saturated rings. The van der Waals surface area contributed by atoms with Crippen LogP contribution in [-0.2, 0) is 0 Å². The van der Waals surface area contributed by atoms with Crippen molar-refractivity contribution in [1.29, 1.82) is 0 Å². The molecule has 0 saturated carbocycles. The zero-order valence-corrected chi connectivity index (χ0v) is 13.6. The number of hydrogen-bond acceptors (Lipinski definition) is 2. The monoisotopic (exact) mass is 385 g/mol. The van der Waals surface area contributed by atoms with Gasteiger partial charge in [-0.15, -0.1) is 11.8 Å². The summed E-state index contributed by atoms with van der Waals surface area (Å²) in [6.45, 7) is 0.614. The minimum atomic E-state index is 0.265. The van der Waals surface area contributed by atoms with E-state index in [1.807, 2.05) is 24.3 Å². The molecule has 0 heterocycles. The van der Waals surface area contributed by atoms with Crippen LogP contribution in [0.4, 0.5) is 0 Å². The summed E-state index contributed by atoms with van der Waals surface area (Å²) in [5.41, 5.74) is 7.14. The van der Waals surface area contributed by atoms with E-state index in [1.54, 1.807) is 11.8 Å². The van der Waals surface area contributed by atoms with Crippen LogP contribution in [0.25, 0.3) is 0 Å². The van der Waals surface area contributed by atoms with Crippen molar-refractivity contribution in [1.82, 2.24) is 0 Å². The second-order valence-corrected chi connectivity index (χ2v) is 6.84. The van der Waals surface area contributed by atoms with Crippen molar-refractivity contribution in [3.05, 3.63) is 63.0 Å². The van der Waals surface area contributed by atoms with Crippen LogP contribution in [0.3, 0.4) is 0 Å². The molecular formula is C14H13Br2NS. The summed E-state index contributed by atoms with van der Waals surface area (Å²) >= 11 is 8.85. The molecule has 18 heavy (non-hydrogen) atoms. The molecule has 94 valence electrons. The molecule has 0 amide bonds. The molecule has 2 aromatic carbocycles. The van der Waals surface area contributed by atoms with E-state index < -0.39 is 0 Å². The minimum absolute atomic E-state index is 0.265. The Morgan fingerprint density at radius 3 is 2.50 bits per heavy atom. The third-order valence-corrected chi connectivity index (χ3v) is 5.35. The highest BCUT2D eigenvalue weighted by Gasteiger charge is 2.13. The van der Waals surface area contributed by atoms with Gasteiger partial charge < -0.3 is 5.73 Å². The van der Waals surface area contributed by atoms with E-state index in [-0.39, 0.29) is 5.25 Å². The Balaban J connectivity index is 2.23. The molecule has 2 rings (SSSR count). The summed E-state index contributed by atoms with van der Waals surface area (Å²) in [6, 6.07) is 16.5. The van der Waals surface area contributed by atoms with Gasteiger partial charge in [-0.3, -0.25) is 0 Å². The van der Waals surface area contributed by atoms with Gasteiger partial charge in [-0.1, -0.05) is 40.2 Å². The van der Waals surface area contributed by atoms with Crippen molar-refractivity contribution in [2.75, 3.05) is 6.54 Å². The average Bonchev–Trinajstić information content (AvgIpc) is 2.38. The van der Waals surface area contributed by atoms with Gasteiger partial charge in [0.2, 0.25) is 0 Å². The van der Waals surface area contributed by atoms with Crippen LogP contribution in [0.2, 0.25) is 0 Å². The molecule has 0 radical (unpaired) electrons. The molecule has 1 nitrogen and oxygen atoms in total. The second-order valence-electron chi connectivity index (χ2n) is 3.83. The first-order chi connectivity index (χ1) is 8.70. The van der Waals surface area contributed by atoms with E-state index >= 15 is 0 Å². The van der Waals surface area contributed by atoms with E-state index in [0.29, 0.717) is 6.54 Å². The highest BCUT2D eigenvalue weighted by Crippen LogP contribution is 2.38. The average molecular weight is 387 g/mol. The van der Waals surface area contributed by atoms with Gasteiger partial charge in [-0.25, -0.2) is 0 Å². The Labute approximate surface area is 128 Å². The van der Waals surface area contributed by atoms with E-state index in [0.717, 1.165) is 8.95 Å². The Bertz CT molecular complexity index is 531. The molecule has 0 aliphatic carbocycles. The van der Waals surface area contributed by atoms with Gasteiger partial charge in [0.25, 0.3) is 0 Å². The second kappa shape index (κ2) is 6.75. The normalized spacial score (nSPS) is 12.4. The minimum Gasteiger partial charge on any atom is -0.329 e. The molecule has 0 aliphatic heterocycles. The van der Waals surface area contributed by atoms with E-state index in [9.17, 15) is 0 Å². The van der Waals surface area contributed by atoms with Gasteiger partial charge in [0.15, 0.2) is 0 Å². The number of thioether (sulfide) groups is 1. The van der Waals surface area contributed by atoms with Crippen molar-refractivity contribution in [3.63, 3.8) is 0 Å². The Hall–Kier alpha value is -0.290. The zero-order chi connectivity index (χ0) is 13.0. The summed E-state index contributed by atoms with van der Waals surface area (Å²) in [5, 5.41) is 0.265. The van der Waals surface area contributed by atoms with Crippen molar-refractivity contribution in [2.45, 2.75) is 10.1 Å². The van der Waals surface area contributed by atoms with Crippen LogP contribution in [-0.4, -0.2) is 6.54 Å².